The van der Waals surface area contributed by atoms with Gasteiger partial charge in [0.2, 0.25) is 0 Å². The van der Waals surface area contributed by atoms with E-state index in [1.165, 1.54) is 0 Å². The van der Waals surface area contributed by atoms with Crippen LogP contribution < -0.4 is 5.73 Å². The van der Waals surface area contributed by atoms with Gasteiger partial charge in [0.25, 0.3) is 0 Å². The highest BCUT2D eigenvalue weighted by Crippen LogP contribution is 2.33. The van der Waals surface area contributed by atoms with Crippen LogP contribution in [0, 0.1) is 0 Å². The van der Waals surface area contributed by atoms with Crippen molar-refractivity contribution in [3.8, 4) is 0 Å². The highest BCUT2D eigenvalue weighted by Gasteiger charge is 2.48. The number of aliphatic hydroxyl groups is 1. The first kappa shape index (κ1) is 17.6. The molecule has 138 valence electrons. The van der Waals surface area contributed by atoms with Gasteiger partial charge in [0.15, 0.2) is 12.6 Å². The van der Waals surface area contributed by atoms with Crippen molar-refractivity contribution in [2.24, 2.45) is 5.73 Å². The fourth-order valence-corrected chi connectivity index (χ4v) is 3.29. The molecular weight excluding hydrogens is 334 g/mol. The molecule has 2 saturated heterocycles. The predicted octanol–water partition coefficient (Wildman–Crippen LogP) is 1.73. The van der Waals surface area contributed by atoms with Crippen LogP contribution in [0.4, 0.5) is 0 Å². The lowest BCUT2D eigenvalue weighted by atomic mass is 9.96. The van der Waals surface area contributed by atoms with Crippen LogP contribution in [0.25, 0.3) is 0 Å². The first-order valence-electron chi connectivity index (χ1n) is 8.79. The summed E-state index contributed by atoms with van der Waals surface area (Å²) in [6.07, 6.45) is -3.13. The van der Waals surface area contributed by atoms with Gasteiger partial charge in [-0.2, -0.15) is 0 Å². The zero-order chi connectivity index (χ0) is 17.9. The molecule has 6 nitrogen and oxygen atoms in total. The molecule has 0 radical (unpaired) electrons. The Bertz CT molecular complexity index is 696. The molecule has 2 aromatic rings. The van der Waals surface area contributed by atoms with Crippen molar-refractivity contribution in [1.29, 1.82) is 0 Å². The van der Waals surface area contributed by atoms with Gasteiger partial charge in [0, 0.05) is 5.56 Å². The molecule has 0 spiro atoms. The van der Waals surface area contributed by atoms with Crippen LogP contribution in [-0.4, -0.2) is 42.4 Å². The molecule has 6 heteroatoms. The maximum absolute atomic E-state index is 10.6. The number of rotatable bonds is 4. The van der Waals surface area contributed by atoms with E-state index in [9.17, 15) is 5.11 Å². The number of hydrogen-bond donors (Lipinski definition) is 2. The molecule has 2 aromatic carbocycles. The molecule has 4 rings (SSSR count). The highest BCUT2D eigenvalue weighted by molar-refractivity contribution is 5.17. The summed E-state index contributed by atoms with van der Waals surface area (Å²) in [5.41, 5.74) is 8.07. The van der Waals surface area contributed by atoms with E-state index in [4.69, 9.17) is 24.7 Å². The van der Waals surface area contributed by atoms with Crippen LogP contribution in [0.2, 0.25) is 0 Å². The first-order chi connectivity index (χ1) is 12.7. The van der Waals surface area contributed by atoms with Gasteiger partial charge in [-0.05, 0) is 5.56 Å². The molecule has 0 saturated carbocycles. The van der Waals surface area contributed by atoms with Crippen molar-refractivity contribution in [3.05, 3.63) is 71.8 Å². The van der Waals surface area contributed by atoms with Crippen LogP contribution in [0.5, 0.6) is 0 Å². The van der Waals surface area contributed by atoms with Crippen molar-refractivity contribution in [3.63, 3.8) is 0 Å². The normalized spacial score (nSPS) is 34.2. The van der Waals surface area contributed by atoms with E-state index in [-0.39, 0.29) is 0 Å². The number of ether oxygens (including phenoxy) is 4. The second kappa shape index (κ2) is 7.84. The summed E-state index contributed by atoms with van der Waals surface area (Å²) in [7, 11) is 0. The Labute approximate surface area is 152 Å². The van der Waals surface area contributed by atoms with Gasteiger partial charge in [0.05, 0.1) is 19.3 Å². The molecule has 0 bridgehead atoms. The van der Waals surface area contributed by atoms with Gasteiger partial charge in [-0.25, -0.2) is 0 Å². The largest absolute Gasteiger partial charge is 0.388 e. The number of benzene rings is 2. The van der Waals surface area contributed by atoms with Gasteiger partial charge in [-0.15, -0.1) is 0 Å². The Balaban J connectivity index is 1.40. The lowest BCUT2D eigenvalue weighted by molar-refractivity contribution is -0.343. The molecular formula is C20H23NO5. The van der Waals surface area contributed by atoms with Crippen molar-refractivity contribution in [2.45, 2.75) is 43.5 Å². The average Bonchev–Trinajstić information content (AvgIpc) is 2.71. The quantitative estimate of drug-likeness (QED) is 0.867. The van der Waals surface area contributed by atoms with Crippen LogP contribution >= 0.6 is 0 Å². The topological polar surface area (TPSA) is 83.2 Å². The van der Waals surface area contributed by atoms with Gasteiger partial charge in [-0.3, -0.25) is 0 Å². The third kappa shape index (κ3) is 3.66. The summed E-state index contributed by atoms with van der Waals surface area (Å²) >= 11 is 0. The maximum atomic E-state index is 10.6. The molecule has 2 aliphatic rings. The molecule has 2 heterocycles. The lowest BCUT2D eigenvalue weighted by Crippen LogP contribution is -2.64. The van der Waals surface area contributed by atoms with Crippen molar-refractivity contribution in [1.82, 2.24) is 0 Å². The van der Waals surface area contributed by atoms with E-state index in [2.05, 4.69) is 0 Å². The minimum absolute atomic E-state index is 0.305. The molecule has 6 atom stereocenters. The van der Waals surface area contributed by atoms with Gasteiger partial charge >= 0.3 is 0 Å². The minimum atomic E-state index is -0.898. The third-order valence-electron chi connectivity index (χ3n) is 4.74. The summed E-state index contributed by atoms with van der Waals surface area (Å²) < 4.78 is 23.4. The van der Waals surface area contributed by atoms with E-state index in [1.807, 2.05) is 60.7 Å². The van der Waals surface area contributed by atoms with Crippen molar-refractivity contribution in [2.75, 3.05) is 6.61 Å². The summed E-state index contributed by atoms with van der Waals surface area (Å²) in [6, 6.07) is 18.7. The van der Waals surface area contributed by atoms with Gasteiger partial charge in [-0.1, -0.05) is 60.7 Å². The molecule has 0 unspecified atom stereocenters. The van der Waals surface area contributed by atoms with E-state index in [0.29, 0.717) is 13.2 Å². The van der Waals surface area contributed by atoms with E-state index in [0.717, 1.165) is 11.1 Å². The molecule has 0 aliphatic carbocycles. The maximum Gasteiger partial charge on any atom is 0.184 e. The summed E-state index contributed by atoms with van der Waals surface area (Å²) in [5.74, 6) is 0. The molecule has 0 aromatic heterocycles. The number of hydrogen-bond acceptors (Lipinski definition) is 6. The van der Waals surface area contributed by atoms with E-state index < -0.39 is 36.9 Å². The standard InChI is InChI=1S/C20H23NO5/c21-16-17(22)18-15(12-24-19(26-18)14-9-5-2-6-10-14)25-20(16)23-11-13-7-3-1-4-8-13/h1-10,15-20,22H,11-12,21H2/t15-,16-,17+,18-,19+,20+/m0/s1. The predicted molar refractivity (Wildman–Crippen MR) is 93.9 cm³/mol. The average molecular weight is 357 g/mol. The molecule has 2 fully saturated rings. The Morgan fingerprint density at radius 1 is 1.00 bits per heavy atom. The lowest BCUT2D eigenvalue weighted by Gasteiger charge is -2.46. The fraction of sp³-hybridized carbons (Fsp3) is 0.400. The smallest absolute Gasteiger partial charge is 0.184 e. The third-order valence-corrected chi connectivity index (χ3v) is 4.74. The Morgan fingerprint density at radius 2 is 1.69 bits per heavy atom. The SMILES string of the molecule is N[C@@H]1[C@H](OCc2ccccc2)O[C@H]2CO[C@@H](c3ccccc3)O[C@@H]2[C@@H]1O. The summed E-state index contributed by atoms with van der Waals surface area (Å²) in [5, 5.41) is 10.6. The minimum Gasteiger partial charge on any atom is -0.388 e. The van der Waals surface area contributed by atoms with Gasteiger partial charge < -0.3 is 29.8 Å². The Kier molecular flexibility index (Phi) is 5.31. The van der Waals surface area contributed by atoms with Crippen LogP contribution in [-0.2, 0) is 25.6 Å². The molecule has 2 aliphatic heterocycles. The zero-order valence-electron chi connectivity index (χ0n) is 14.3. The van der Waals surface area contributed by atoms with E-state index >= 15 is 0 Å². The van der Waals surface area contributed by atoms with Crippen molar-refractivity contribution < 1.29 is 24.1 Å². The zero-order valence-corrected chi connectivity index (χ0v) is 14.3. The van der Waals surface area contributed by atoms with Gasteiger partial charge in [0.1, 0.15) is 18.3 Å². The molecule has 26 heavy (non-hydrogen) atoms. The summed E-state index contributed by atoms with van der Waals surface area (Å²) in [6.45, 7) is 0.664. The van der Waals surface area contributed by atoms with E-state index in [1.54, 1.807) is 0 Å². The van der Waals surface area contributed by atoms with Crippen molar-refractivity contribution >= 4 is 0 Å². The Morgan fingerprint density at radius 3 is 2.42 bits per heavy atom. The number of nitrogens with two attached hydrogens (primary N) is 1. The van der Waals surface area contributed by atoms with Crippen LogP contribution in [0.3, 0.4) is 0 Å². The summed E-state index contributed by atoms with van der Waals surface area (Å²) in [4.78, 5) is 0. The Hall–Kier alpha value is -1.80. The number of fused-ring (bicyclic) bond motifs is 1. The highest BCUT2D eigenvalue weighted by atomic mass is 16.7. The fourth-order valence-electron chi connectivity index (χ4n) is 3.29. The second-order valence-electron chi connectivity index (χ2n) is 6.58. The van der Waals surface area contributed by atoms with Crippen LogP contribution in [0.1, 0.15) is 17.4 Å². The first-order valence-corrected chi connectivity index (χ1v) is 8.79. The molecule has 3 N–H and O–H groups in total. The monoisotopic (exact) mass is 357 g/mol. The van der Waals surface area contributed by atoms with Crippen LogP contribution in [0.15, 0.2) is 60.7 Å². The number of aliphatic hydroxyl groups excluding tert-OH is 1. The second-order valence-corrected chi connectivity index (χ2v) is 6.58. The molecule has 0 amide bonds.